The average molecular weight is 440 g/mol. The first-order valence-electron chi connectivity index (χ1n) is 10.2. The van der Waals surface area contributed by atoms with E-state index in [0.717, 1.165) is 16.7 Å². The van der Waals surface area contributed by atoms with Crippen LogP contribution in [0.1, 0.15) is 21.7 Å². The molecule has 0 aliphatic rings. The lowest BCUT2D eigenvalue weighted by Gasteiger charge is -2.14. The molecule has 7 heteroatoms. The van der Waals surface area contributed by atoms with Gasteiger partial charge in [0.1, 0.15) is 17.4 Å². The van der Waals surface area contributed by atoms with Crippen molar-refractivity contribution in [2.75, 3.05) is 7.11 Å². The van der Waals surface area contributed by atoms with E-state index in [1.54, 1.807) is 55.6 Å². The Balaban J connectivity index is 1.49. The Morgan fingerprint density at radius 2 is 1.85 bits per heavy atom. The summed E-state index contributed by atoms with van der Waals surface area (Å²) in [5, 5.41) is 22.1. The zero-order valence-corrected chi connectivity index (χ0v) is 17.7. The Hall–Kier alpha value is -4.57. The van der Waals surface area contributed by atoms with Crippen molar-refractivity contribution in [3.63, 3.8) is 0 Å². The standard InChI is InChI=1S/C26H20N2O5/c1-32-20-10-11-23-19(13-20)14-24(33-23)25(29)28-22(26(30)31)12-16-6-8-17(9-7-16)21-5-3-2-4-18(21)15-27/h2-11,13-14,22H,12H2,1H3,(H,28,29)(H,30,31). The molecule has 1 heterocycles. The SMILES string of the molecule is COc1ccc2oc(C(=O)NC(Cc3ccc(-c4ccccc4C#N)cc3)C(=O)O)cc2c1. The van der Waals surface area contributed by atoms with Gasteiger partial charge in [0.05, 0.1) is 18.7 Å². The van der Waals surface area contributed by atoms with Crippen molar-refractivity contribution < 1.29 is 23.8 Å². The molecule has 0 fully saturated rings. The lowest BCUT2D eigenvalue weighted by Crippen LogP contribution is -2.42. The van der Waals surface area contributed by atoms with Gasteiger partial charge in [0.15, 0.2) is 5.76 Å². The third kappa shape index (κ3) is 4.70. The molecule has 0 saturated heterocycles. The second kappa shape index (κ2) is 9.28. The first kappa shape index (κ1) is 21.7. The molecule has 0 radical (unpaired) electrons. The number of hydrogen-bond acceptors (Lipinski definition) is 5. The fourth-order valence-electron chi connectivity index (χ4n) is 3.58. The third-order valence-electron chi connectivity index (χ3n) is 5.30. The number of rotatable bonds is 7. The summed E-state index contributed by atoms with van der Waals surface area (Å²) in [5.74, 6) is -1.12. The molecular weight excluding hydrogens is 420 g/mol. The normalized spacial score (nSPS) is 11.5. The molecule has 1 aromatic heterocycles. The predicted octanol–water partition coefficient (Wildman–Crippen LogP) is 4.41. The van der Waals surface area contributed by atoms with Crippen LogP contribution in [-0.2, 0) is 11.2 Å². The van der Waals surface area contributed by atoms with Crippen LogP contribution in [0.3, 0.4) is 0 Å². The number of carboxylic acid groups (broad SMARTS) is 1. The third-order valence-corrected chi connectivity index (χ3v) is 5.30. The van der Waals surface area contributed by atoms with Crippen molar-refractivity contribution in [3.8, 4) is 22.9 Å². The summed E-state index contributed by atoms with van der Waals surface area (Å²) < 4.78 is 10.7. The number of aliphatic carboxylic acids is 1. The molecule has 0 saturated carbocycles. The first-order valence-corrected chi connectivity index (χ1v) is 10.2. The molecular formula is C26H20N2O5. The van der Waals surface area contributed by atoms with Gasteiger partial charge in [-0.2, -0.15) is 5.26 Å². The maximum absolute atomic E-state index is 12.7. The topological polar surface area (TPSA) is 113 Å². The zero-order valence-electron chi connectivity index (χ0n) is 17.7. The molecule has 1 unspecified atom stereocenters. The Morgan fingerprint density at radius 1 is 1.09 bits per heavy atom. The number of nitrogens with zero attached hydrogens (tertiary/aromatic N) is 1. The van der Waals surface area contributed by atoms with E-state index in [4.69, 9.17) is 9.15 Å². The lowest BCUT2D eigenvalue weighted by atomic mass is 9.97. The van der Waals surface area contributed by atoms with Gasteiger partial charge >= 0.3 is 5.97 Å². The van der Waals surface area contributed by atoms with Crippen LogP contribution in [-0.4, -0.2) is 30.1 Å². The molecule has 1 atom stereocenters. The van der Waals surface area contributed by atoms with E-state index in [1.807, 2.05) is 24.3 Å². The number of hydrogen-bond donors (Lipinski definition) is 2. The molecule has 4 rings (SSSR count). The van der Waals surface area contributed by atoms with Gasteiger partial charge in [-0.25, -0.2) is 4.79 Å². The van der Waals surface area contributed by atoms with Crippen molar-refractivity contribution in [1.29, 1.82) is 5.26 Å². The number of methoxy groups -OCH3 is 1. The summed E-state index contributed by atoms with van der Waals surface area (Å²) in [6.07, 6.45) is 0.0926. The van der Waals surface area contributed by atoms with Crippen LogP contribution in [0.25, 0.3) is 22.1 Å². The van der Waals surface area contributed by atoms with Gasteiger partial charge in [0.25, 0.3) is 5.91 Å². The van der Waals surface area contributed by atoms with E-state index in [-0.39, 0.29) is 12.2 Å². The van der Waals surface area contributed by atoms with Gasteiger partial charge in [0.2, 0.25) is 0 Å². The number of carbonyl (C=O) groups is 2. The number of ether oxygens (including phenoxy) is 1. The largest absolute Gasteiger partial charge is 0.497 e. The summed E-state index contributed by atoms with van der Waals surface area (Å²) in [5.41, 5.74) is 3.45. The van der Waals surface area contributed by atoms with Crippen LogP contribution in [0.2, 0.25) is 0 Å². The van der Waals surface area contributed by atoms with Crippen molar-refractivity contribution in [2.45, 2.75) is 12.5 Å². The minimum atomic E-state index is -1.15. The molecule has 164 valence electrons. The number of nitrogens with one attached hydrogen (secondary N) is 1. The molecule has 0 spiro atoms. The molecule has 3 aromatic carbocycles. The Morgan fingerprint density at radius 3 is 2.55 bits per heavy atom. The average Bonchev–Trinajstić information content (AvgIpc) is 3.27. The van der Waals surface area contributed by atoms with E-state index >= 15 is 0 Å². The Bertz CT molecular complexity index is 1370. The number of nitriles is 1. The maximum Gasteiger partial charge on any atom is 0.326 e. The molecule has 0 aliphatic carbocycles. The van der Waals surface area contributed by atoms with Gasteiger partial charge in [-0.1, -0.05) is 42.5 Å². The summed E-state index contributed by atoms with van der Waals surface area (Å²) >= 11 is 0. The number of carbonyl (C=O) groups excluding carboxylic acids is 1. The number of benzene rings is 3. The van der Waals surface area contributed by atoms with Gasteiger partial charge in [-0.15, -0.1) is 0 Å². The van der Waals surface area contributed by atoms with Gasteiger partial charge in [-0.05, 0) is 47.0 Å². The van der Waals surface area contributed by atoms with Crippen LogP contribution in [0.5, 0.6) is 5.75 Å². The Kier molecular flexibility index (Phi) is 6.09. The van der Waals surface area contributed by atoms with Crippen LogP contribution in [0.15, 0.2) is 77.2 Å². The number of fused-ring (bicyclic) bond motifs is 1. The van der Waals surface area contributed by atoms with Crippen molar-refractivity contribution in [1.82, 2.24) is 5.32 Å². The van der Waals surface area contributed by atoms with Crippen molar-refractivity contribution >= 4 is 22.8 Å². The highest BCUT2D eigenvalue weighted by atomic mass is 16.5. The van der Waals surface area contributed by atoms with Crippen LogP contribution < -0.4 is 10.1 Å². The van der Waals surface area contributed by atoms with E-state index in [9.17, 15) is 20.0 Å². The highest BCUT2D eigenvalue weighted by Gasteiger charge is 2.23. The second-order valence-corrected chi connectivity index (χ2v) is 7.44. The highest BCUT2D eigenvalue weighted by molar-refractivity contribution is 5.98. The fourth-order valence-corrected chi connectivity index (χ4v) is 3.58. The van der Waals surface area contributed by atoms with Crippen LogP contribution >= 0.6 is 0 Å². The van der Waals surface area contributed by atoms with Crippen molar-refractivity contribution in [3.05, 3.63) is 89.7 Å². The van der Waals surface area contributed by atoms with E-state index in [1.165, 1.54) is 0 Å². The van der Waals surface area contributed by atoms with Gasteiger partial charge in [0, 0.05) is 11.8 Å². The van der Waals surface area contributed by atoms with Crippen LogP contribution in [0, 0.1) is 11.3 Å². The second-order valence-electron chi connectivity index (χ2n) is 7.44. The Labute approximate surface area is 189 Å². The first-order chi connectivity index (χ1) is 16.0. The highest BCUT2D eigenvalue weighted by Crippen LogP contribution is 2.25. The smallest absolute Gasteiger partial charge is 0.326 e. The maximum atomic E-state index is 12.7. The summed E-state index contributed by atoms with van der Waals surface area (Å²) in [6, 6.07) is 22.2. The molecule has 7 nitrogen and oxygen atoms in total. The number of furan rings is 1. The monoisotopic (exact) mass is 440 g/mol. The van der Waals surface area contributed by atoms with E-state index in [0.29, 0.717) is 22.3 Å². The minimum Gasteiger partial charge on any atom is -0.497 e. The predicted molar refractivity (Wildman–Crippen MR) is 122 cm³/mol. The molecule has 33 heavy (non-hydrogen) atoms. The van der Waals surface area contributed by atoms with E-state index < -0.39 is 17.9 Å². The molecule has 2 N–H and O–H groups in total. The van der Waals surface area contributed by atoms with E-state index in [2.05, 4.69) is 11.4 Å². The fraction of sp³-hybridized carbons (Fsp3) is 0.115. The van der Waals surface area contributed by atoms with Gasteiger partial charge < -0.3 is 19.6 Å². The molecule has 4 aromatic rings. The molecule has 0 bridgehead atoms. The summed E-state index contributed by atoms with van der Waals surface area (Å²) in [7, 11) is 1.54. The lowest BCUT2D eigenvalue weighted by molar-refractivity contribution is -0.139. The number of amides is 1. The van der Waals surface area contributed by atoms with Gasteiger partial charge in [-0.3, -0.25) is 4.79 Å². The molecule has 0 aliphatic heterocycles. The zero-order chi connectivity index (χ0) is 23.4. The minimum absolute atomic E-state index is 0.0213. The number of carboxylic acids is 1. The quantitative estimate of drug-likeness (QED) is 0.440. The molecule has 1 amide bonds. The van der Waals surface area contributed by atoms with Crippen LogP contribution in [0.4, 0.5) is 0 Å². The van der Waals surface area contributed by atoms with Crippen molar-refractivity contribution in [2.24, 2.45) is 0 Å². The summed E-state index contributed by atoms with van der Waals surface area (Å²) in [6.45, 7) is 0. The summed E-state index contributed by atoms with van der Waals surface area (Å²) in [4.78, 5) is 24.5.